The summed E-state index contributed by atoms with van der Waals surface area (Å²) in [6, 6.07) is 5.16. The second kappa shape index (κ2) is 3.71. The fraction of sp³-hybridized carbons (Fsp3) is 0.231. The van der Waals surface area contributed by atoms with Crippen molar-refractivity contribution in [2.24, 2.45) is 5.10 Å². The average Bonchev–Trinajstić information content (AvgIpc) is 2.80. The van der Waals surface area contributed by atoms with E-state index in [9.17, 15) is 9.90 Å². The van der Waals surface area contributed by atoms with Gasteiger partial charge in [0.05, 0.1) is 12.8 Å². The largest absolute Gasteiger partial charge is 0.508 e. The molecule has 1 aromatic carbocycles. The zero-order valence-electron chi connectivity index (χ0n) is 10.2. The van der Waals surface area contributed by atoms with Gasteiger partial charge in [-0.2, -0.15) is 5.10 Å². The van der Waals surface area contributed by atoms with Gasteiger partial charge in [0.25, 0.3) is 0 Å². The number of benzene rings is 1. The number of Topliss-reactive ketones (excluding diaryl/α,β-unsaturated/α-hetero) is 1. The molecule has 0 fully saturated rings. The lowest BCUT2D eigenvalue weighted by atomic mass is 9.68. The van der Waals surface area contributed by atoms with Crippen LogP contribution in [0.2, 0.25) is 0 Å². The Bertz CT molecular complexity index is 653. The smallest absolute Gasteiger partial charge is 0.474 e. The fourth-order valence-electron chi connectivity index (χ4n) is 2.86. The molecule has 1 N–H and O–H groups in total. The van der Waals surface area contributed by atoms with E-state index in [1.807, 2.05) is 6.07 Å². The van der Waals surface area contributed by atoms with E-state index in [-0.39, 0.29) is 18.6 Å². The number of rotatable bonds is 0. The number of hydrogen-bond donors (Lipinski definition) is 1. The molecule has 94 valence electrons. The molecule has 0 saturated heterocycles. The minimum absolute atomic E-state index is 0.167. The van der Waals surface area contributed by atoms with Crippen LogP contribution in [0.4, 0.5) is 0 Å². The van der Waals surface area contributed by atoms with E-state index in [1.54, 1.807) is 23.3 Å². The van der Waals surface area contributed by atoms with Crippen molar-refractivity contribution in [3.8, 4) is 5.75 Å². The number of hydrazone groups is 1. The van der Waals surface area contributed by atoms with Gasteiger partial charge in [-0.05, 0) is 29.6 Å². The molecule has 0 atom stereocenters. The number of nitrogens with zero attached hydrogens (tertiary/aromatic N) is 2. The minimum atomic E-state index is -0.287. The molecule has 0 radical (unpaired) electrons. The average molecular weight is 254 g/mol. The van der Waals surface area contributed by atoms with Gasteiger partial charge in [-0.15, -0.1) is 0 Å². The highest BCUT2D eigenvalue weighted by Gasteiger charge is 2.42. The third-order valence-electron chi connectivity index (χ3n) is 3.82. The molecular formula is C13H11BN2O3. The van der Waals surface area contributed by atoms with Crippen molar-refractivity contribution in [2.45, 2.75) is 12.8 Å². The Balaban J connectivity index is 1.82. The molecule has 1 aromatic rings. The fourth-order valence-corrected chi connectivity index (χ4v) is 2.86. The summed E-state index contributed by atoms with van der Waals surface area (Å²) >= 11 is 0. The number of ketones is 1. The predicted octanol–water partition coefficient (Wildman–Crippen LogP) is 0.384. The Morgan fingerprint density at radius 3 is 3.16 bits per heavy atom. The van der Waals surface area contributed by atoms with Crippen LogP contribution in [0.15, 0.2) is 34.6 Å². The molecule has 4 rings (SSSR count). The van der Waals surface area contributed by atoms with E-state index in [0.29, 0.717) is 13.0 Å². The summed E-state index contributed by atoms with van der Waals surface area (Å²) in [7, 11) is -0.287. The minimum Gasteiger partial charge on any atom is -0.508 e. The van der Waals surface area contributed by atoms with Gasteiger partial charge < -0.3 is 9.76 Å². The molecule has 1 aliphatic carbocycles. The number of fused-ring (bicyclic) bond motifs is 4. The van der Waals surface area contributed by atoms with Gasteiger partial charge in [-0.25, -0.2) is 0 Å². The van der Waals surface area contributed by atoms with Crippen molar-refractivity contribution in [1.82, 2.24) is 4.92 Å². The molecule has 2 aliphatic heterocycles. The maximum Gasteiger partial charge on any atom is 0.474 e. The van der Waals surface area contributed by atoms with Crippen LogP contribution in [-0.2, 0) is 9.45 Å². The molecule has 0 unspecified atom stereocenters. The Kier molecular flexibility index (Phi) is 2.11. The number of carbonyl (C=O) groups is 1. The summed E-state index contributed by atoms with van der Waals surface area (Å²) in [5.41, 5.74) is 3.57. The Hall–Kier alpha value is -2.08. The van der Waals surface area contributed by atoms with Crippen LogP contribution in [0, 0.1) is 0 Å². The number of hydrogen-bond acceptors (Lipinski definition) is 5. The van der Waals surface area contributed by atoms with Crippen LogP contribution >= 0.6 is 0 Å². The first-order valence-electron chi connectivity index (χ1n) is 6.27. The molecule has 2 heterocycles. The highest BCUT2D eigenvalue weighted by Crippen LogP contribution is 2.32. The topological polar surface area (TPSA) is 62.1 Å². The Labute approximate surface area is 110 Å². The summed E-state index contributed by atoms with van der Waals surface area (Å²) in [6.45, 7) is 0.352. The van der Waals surface area contributed by atoms with Gasteiger partial charge in [0.1, 0.15) is 5.75 Å². The SMILES string of the molecule is O=C1CCC2=C1COB1c3ccc(O)cc3C=NN12. The van der Waals surface area contributed by atoms with Crippen molar-refractivity contribution in [3.63, 3.8) is 0 Å². The number of phenolic OH excluding ortho intramolecular Hbond substituents is 1. The van der Waals surface area contributed by atoms with Crippen molar-refractivity contribution in [1.29, 1.82) is 0 Å². The summed E-state index contributed by atoms with van der Waals surface area (Å²) < 4.78 is 5.78. The molecule has 0 amide bonds. The highest BCUT2D eigenvalue weighted by atomic mass is 16.4. The maximum atomic E-state index is 11.7. The lowest BCUT2D eigenvalue weighted by molar-refractivity contribution is -0.115. The molecule has 0 aromatic heterocycles. The second-order valence-corrected chi connectivity index (χ2v) is 4.91. The van der Waals surface area contributed by atoms with E-state index >= 15 is 0 Å². The maximum absolute atomic E-state index is 11.7. The summed E-state index contributed by atoms with van der Waals surface area (Å²) in [4.78, 5) is 13.5. The molecule has 6 heteroatoms. The lowest BCUT2D eigenvalue weighted by Crippen LogP contribution is -2.53. The van der Waals surface area contributed by atoms with Gasteiger partial charge in [0.15, 0.2) is 5.78 Å². The van der Waals surface area contributed by atoms with Crippen LogP contribution in [-0.4, -0.2) is 35.7 Å². The van der Waals surface area contributed by atoms with Gasteiger partial charge in [-0.1, -0.05) is 6.07 Å². The first kappa shape index (κ1) is 10.8. The van der Waals surface area contributed by atoms with E-state index in [0.717, 1.165) is 28.7 Å². The summed E-state index contributed by atoms with van der Waals surface area (Å²) in [6.07, 6.45) is 2.99. The zero-order chi connectivity index (χ0) is 13.0. The predicted molar refractivity (Wildman–Crippen MR) is 70.1 cm³/mol. The van der Waals surface area contributed by atoms with Gasteiger partial charge >= 0.3 is 7.05 Å². The van der Waals surface area contributed by atoms with E-state index in [4.69, 9.17) is 4.65 Å². The number of allylic oxidation sites excluding steroid dienone is 1. The number of phenols is 1. The van der Waals surface area contributed by atoms with Crippen molar-refractivity contribution in [2.75, 3.05) is 6.61 Å². The molecule has 5 nitrogen and oxygen atoms in total. The second-order valence-electron chi connectivity index (χ2n) is 4.91. The van der Waals surface area contributed by atoms with Gasteiger partial charge in [0.2, 0.25) is 0 Å². The van der Waals surface area contributed by atoms with Crippen molar-refractivity contribution in [3.05, 3.63) is 35.0 Å². The first-order chi connectivity index (χ1) is 9.24. The normalized spacial score (nSPS) is 20.5. The van der Waals surface area contributed by atoms with Gasteiger partial charge in [0, 0.05) is 17.7 Å². The monoisotopic (exact) mass is 254 g/mol. The van der Waals surface area contributed by atoms with Crippen molar-refractivity contribution >= 4 is 24.5 Å². The van der Waals surface area contributed by atoms with E-state index < -0.39 is 0 Å². The molecule has 3 aliphatic rings. The summed E-state index contributed by atoms with van der Waals surface area (Å²) in [5, 5.41) is 13.9. The highest BCUT2D eigenvalue weighted by molar-refractivity contribution is 6.67. The molecule has 0 spiro atoms. The first-order valence-corrected chi connectivity index (χ1v) is 6.27. The van der Waals surface area contributed by atoms with Crippen LogP contribution in [0.1, 0.15) is 18.4 Å². The third kappa shape index (κ3) is 1.46. The standard InChI is InChI=1S/C13H11BN2O3/c17-9-1-2-11-8(5-9)6-15-16-12-3-4-13(18)10(12)7-19-14(11)16/h1-2,5-6,17H,3-4,7H2. The molecular weight excluding hydrogens is 243 g/mol. The Morgan fingerprint density at radius 2 is 2.26 bits per heavy atom. The number of aromatic hydroxyl groups is 1. The van der Waals surface area contributed by atoms with Crippen LogP contribution in [0.25, 0.3) is 0 Å². The lowest BCUT2D eigenvalue weighted by Gasteiger charge is -2.34. The van der Waals surface area contributed by atoms with E-state index in [2.05, 4.69) is 5.10 Å². The third-order valence-corrected chi connectivity index (χ3v) is 3.82. The van der Waals surface area contributed by atoms with Gasteiger partial charge in [-0.3, -0.25) is 9.71 Å². The van der Waals surface area contributed by atoms with Crippen LogP contribution < -0.4 is 5.46 Å². The number of carbonyl (C=O) groups excluding carboxylic acids is 1. The molecule has 0 saturated carbocycles. The Morgan fingerprint density at radius 1 is 1.37 bits per heavy atom. The van der Waals surface area contributed by atoms with Crippen LogP contribution in [0.5, 0.6) is 5.75 Å². The van der Waals surface area contributed by atoms with E-state index in [1.165, 1.54) is 0 Å². The van der Waals surface area contributed by atoms with Crippen molar-refractivity contribution < 1.29 is 14.6 Å². The molecule has 19 heavy (non-hydrogen) atoms. The summed E-state index contributed by atoms with van der Waals surface area (Å²) in [5.74, 6) is 0.380. The zero-order valence-corrected chi connectivity index (χ0v) is 10.2. The quantitative estimate of drug-likeness (QED) is 0.680. The van der Waals surface area contributed by atoms with Crippen LogP contribution in [0.3, 0.4) is 0 Å². The molecule has 0 bridgehead atoms.